The molecule has 2 N–H and O–H groups in total. The van der Waals surface area contributed by atoms with Crippen LogP contribution in [0.25, 0.3) is 11.1 Å². The van der Waals surface area contributed by atoms with E-state index < -0.39 is 0 Å². The fourth-order valence-corrected chi connectivity index (χ4v) is 2.25. The van der Waals surface area contributed by atoms with Crippen molar-refractivity contribution in [3.63, 3.8) is 0 Å². The van der Waals surface area contributed by atoms with Gasteiger partial charge in [-0.1, -0.05) is 53.5 Å². The fourth-order valence-electron chi connectivity index (χ4n) is 1.70. The summed E-state index contributed by atoms with van der Waals surface area (Å²) < 4.78 is 5.61. The molecular formula is C14H14Cl3NO. The molecule has 0 atom stereocenters. The molecule has 0 aliphatic carbocycles. The van der Waals surface area contributed by atoms with Crippen molar-refractivity contribution in [1.82, 2.24) is 0 Å². The Labute approximate surface area is 128 Å². The molecular weight excluding hydrogens is 305 g/mol. The van der Waals surface area contributed by atoms with Crippen molar-refractivity contribution in [3.8, 4) is 16.9 Å². The van der Waals surface area contributed by atoms with Crippen molar-refractivity contribution < 1.29 is 4.74 Å². The van der Waals surface area contributed by atoms with E-state index in [-0.39, 0.29) is 12.4 Å². The molecule has 0 amide bonds. The van der Waals surface area contributed by atoms with Gasteiger partial charge in [0, 0.05) is 17.1 Å². The second-order valence-electron chi connectivity index (χ2n) is 3.77. The monoisotopic (exact) mass is 317 g/mol. The van der Waals surface area contributed by atoms with E-state index in [1.165, 1.54) is 0 Å². The lowest BCUT2D eigenvalue weighted by Crippen LogP contribution is -2.11. The first-order valence-corrected chi connectivity index (χ1v) is 6.35. The highest BCUT2D eigenvalue weighted by atomic mass is 35.5. The van der Waals surface area contributed by atoms with Crippen molar-refractivity contribution in [2.24, 2.45) is 5.73 Å². The van der Waals surface area contributed by atoms with Gasteiger partial charge in [-0.2, -0.15) is 0 Å². The molecule has 0 aromatic heterocycles. The third kappa shape index (κ3) is 4.02. The largest absolute Gasteiger partial charge is 0.490 e. The highest BCUT2D eigenvalue weighted by Gasteiger charge is 2.12. The zero-order valence-electron chi connectivity index (χ0n) is 10.1. The van der Waals surface area contributed by atoms with Crippen LogP contribution in [0.3, 0.4) is 0 Å². The van der Waals surface area contributed by atoms with Gasteiger partial charge in [0.2, 0.25) is 0 Å². The van der Waals surface area contributed by atoms with Crippen LogP contribution in [0.4, 0.5) is 0 Å². The normalized spacial score (nSPS) is 9.84. The molecule has 0 saturated heterocycles. The van der Waals surface area contributed by atoms with Gasteiger partial charge < -0.3 is 10.5 Å². The molecule has 0 radical (unpaired) electrons. The number of hydrogen-bond acceptors (Lipinski definition) is 2. The summed E-state index contributed by atoms with van der Waals surface area (Å²) in [4.78, 5) is 0. The van der Waals surface area contributed by atoms with Gasteiger partial charge in [0.1, 0.15) is 12.4 Å². The minimum Gasteiger partial charge on any atom is -0.490 e. The van der Waals surface area contributed by atoms with Crippen molar-refractivity contribution in [1.29, 1.82) is 0 Å². The lowest BCUT2D eigenvalue weighted by atomic mass is 10.0. The molecule has 5 heteroatoms. The Hall–Kier alpha value is -0.930. The fraction of sp³-hybridized carbons (Fsp3) is 0.143. The molecule has 0 aliphatic rings. The van der Waals surface area contributed by atoms with E-state index in [1.54, 1.807) is 6.07 Å². The molecule has 0 fully saturated rings. The molecule has 2 aromatic carbocycles. The smallest absolute Gasteiger partial charge is 0.145 e. The Balaban J connectivity index is 0.00000180. The first-order valence-electron chi connectivity index (χ1n) is 5.59. The van der Waals surface area contributed by atoms with Crippen molar-refractivity contribution in [3.05, 3.63) is 52.5 Å². The number of ether oxygens (including phenoxy) is 1. The zero-order chi connectivity index (χ0) is 13.0. The molecule has 102 valence electrons. The van der Waals surface area contributed by atoms with Gasteiger partial charge in [-0.05, 0) is 17.7 Å². The zero-order valence-corrected chi connectivity index (χ0v) is 12.4. The lowest BCUT2D eigenvalue weighted by Gasteiger charge is -2.13. The number of rotatable bonds is 4. The van der Waals surface area contributed by atoms with Crippen LogP contribution >= 0.6 is 35.6 Å². The molecule has 0 unspecified atom stereocenters. The summed E-state index contributed by atoms with van der Waals surface area (Å²) >= 11 is 12.2. The number of benzene rings is 2. The van der Waals surface area contributed by atoms with Crippen LogP contribution in [0.1, 0.15) is 0 Å². The molecule has 2 nitrogen and oxygen atoms in total. The third-order valence-electron chi connectivity index (χ3n) is 2.46. The highest BCUT2D eigenvalue weighted by molar-refractivity contribution is 6.36. The molecule has 0 bridgehead atoms. The van der Waals surface area contributed by atoms with Crippen LogP contribution in [-0.4, -0.2) is 13.2 Å². The SMILES string of the molecule is Cl.NCCOc1c(Cl)cc(Cl)cc1-c1ccccc1. The maximum absolute atomic E-state index is 6.17. The molecule has 2 aromatic rings. The lowest BCUT2D eigenvalue weighted by molar-refractivity contribution is 0.330. The van der Waals surface area contributed by atoms with Crippen LogP contribution in [0.5, 0.6) is 5.75 Å². The average molecular weight is 319 g/mol. The van der Waals surface area contributed by atoms with Crippen LogP contribution in [-0.2, 0) is 0 Å². The van der Waals surface area contributed by atoms with E-state index in [1.807, 2.05) is 36.4 Å². The number of hydrogen-bond donors (Lipinski definition) is 1. The van der Waals surface area contributed by atoms with E-state index in [2.05, 4.69) is 0 Å². The Kier molecular flexibility index (Phi) is 6.46. The topological polar surface area (TPSA) is 35.2 Å². The molecule has 19 heavy (non-hydrogen) atoms. The first-order chi connectivity index (χ1) is 8.72. The number of halogens is 3. The summed E-state index contributed by atoms with van der Waals surface area (Å²) in [6.07, 6.45) is 0. The summed E-state index contributed by atoms with van der Waals surface area (Å²) in [5.74, 6) is 0.623. The van der Waals surface area contributed by atoms with E-state index in [9.17, 15) is 0 Å². The van der Waals surface area contributed by atoms with Gasteiger partial charge >= 0.3 is 0 Å². The van der Waals surface area contributed by atoms with E-state index in [4.69, 9.17) is 33.7 Å². The van der Waals surface area contributed by atoms with Gasteiger partial charge in [0.25, 0.3) is 0 Å². The van der Waals surface area contributed by atoms with E-state index >= 15 is 0 Å². The van der Waals surface area contributed by atoms with Crippen molar-refractivity contribution in [2.75, 3.05) is 13.2 Å². The quantitative estimate of drug-likeness (QED) is 0.905. The summed E-state index contributed by atoms with van der Waals surface area (Å²) in [6.45, 7) is 0.856. The van der Waals surface area contributed by atoms with Gasteiger partial charge in [0.15, 0.2) is 0 Å². The van der Waals surface area contributed by atoms with E-state index in [0.29, 0.717) is 28.9 Å². The number of nitrogens with two attached hydrogens (primary N) is 1. The minimum absolute atomic E-state index is 0. The third-order valence-corrected chi connectivity index (χ3v) is 2.96. The highest BCUT2D eigenvalue weighted by Crippen LogP contribution is 2.38. The summed E-state index contributed by atoms with van der Waals surface area (Å²) in [5, 5.41) is 1.08. The Morgan fingerprint density at radius 3 is 2.37 bits per heavy atom. The van der Waals surface area contributed by atoms with Crippen molar-refractivity contribution in [2.45, 2.75) is 0 Å². The Bertz CT molecular complexity index is 532. The predicted octanol–water partition coefficient (Wildman–Crippen LogP) is 4.42. The van der Waals surface area contributed by atoms with E-state index in [0.717, 1.165) is 11.1 Å². The van der Waals surface area contributed by atoms with Crippen LogP contribution < -0.4 is 10.5 Å². The summed E-state index contributed by atoms with van der Waals surface area (Å²) in [7, 11) is 0. The maximum atomic E-state index is 6.17. The predicted molar refractivity (Wildman–Crippen MR) is 83.7 cm³/mol. The Morgan fingerprint density at radius 2 is 1.74 bits per heavy atom. The first kappa shape index (κ1) is 16.1. The van der Waals surface area contributed by atoms with Gasteiger partial charge in [-0.25, -0.2) is 0 Å². The maximum Gasteiger partial charge on any atom is 0.145 e. The second-order valence-corrected chi connectivity index (χ2v) is 4.61. The molecule has 0 aliphatic heterocycles. The van der Waals surface area contributed by atoms with Gasteiger partial charge in [0.05, 0.1) is 5.02 Å². The molecule has 2 rings (SSSR count). The minimum atomic E-state index is 0. The molecule has 0 spiro atoms. The standard InChI is InChI=1S/C14H13Cl2NO.ClH/c15-11-8-12(10-4-2-1-3-5-10)14(13(16)9-11)18-7-6-17;/h1-5,8-9H,6-7,17H2;1H. The van der Waals surface area contributed by atoms with Crippen LogP contribution in [0.15, 0.2) is 42.5 Å². The van der Waals surface area contributed by atoms with Crippen molar-refractivity contribution >= 4 is 35.6 Å². The van der Waals surface area contributed by atoms with Crippen LogP contribution in [0.2, 0.25) is 10.0 Å². The summed E-state index contributed by atoms with van der Waals surface area (Å²) in [5.41, 5.74) is 7.34. The van der Waals surface area contributed by atoms with Gasteiger partial charge in [-0.3, -0.25) is 0 Å². The summed E-state index contributed by atoms with van der Waals surface area (Å²) in [6, 6.07) is 13.3. The van der Waals surface area contributed by atoms with Gasteiger partial charge in [-0.15, -0.1) is 12.4 Å². The average Bonchev–Trinajstić information content (AvgIpc) is 2.38. The Morgan fingerprint density at radius 1 is 1.05 bits per heavy atom. The second kappa shape index (κ2) is 7.61. The van der Waals surface area contributed by atoms with Crippen LogP contribution in [0, 0.1) is 0 Å². The molecule has 0 saturated carbocycles. The molecule has 0 heterocycles.